The molecule has 0 aromatic carbocycles. The summed E-state index contributed by atoms with van der Waals surface area (Å²) in [6.07, 6.45) is 2.19. The van der Waals surface area contributed by atoms with E-state index in [-0.39, 0.29) is 0 Å². The van der Waals surface area contributed by atoms with E-state index in [4.69, 9.17) is 0 Å². The molecule has 0 saturated carbocycles. The van der Waals surface area contributed by atoms with E-state index in [2.05, 4.69) is 27.2 Å². The Hall–Kier alpha value is -0.380. The molecule has 0 N–H and O–H groups in total. The molecule has 1 radical (unpaired) electrons. The molecule has 1 aromatic rings. The summed E-state index contributed by atoms with van der Waals surface area (Å²) in [5, 5.41) is 3.60. The molecule has 1 heterocycles. The zero-order valence-corrected chi connectivity index (χ0v) is 6.44. The first-order chi connectivity index (χ1) is 4.25. The van der Waals surface area contributed by atoms with Crippen molar-refractivity contribution in [3.8, 4) is 0 Å². The van der Waals surface area contributed by atoms with Gasteiger partial charge in [0.2, 0.25) is 0 Å². The molecule has 0 fully saturated rings. The number of hydrogen-bond donors (Lipinski definition) is 0. The lowest BCUT2D eigenvalue weighted by Gasteiger charge is -1.93. The number of halogens is 2. The molecular weight excluding hydrogens is 187 g/mol. The molecule has 0 amide bonds. The number of nitrogens with zero attached hydrogens (tertiary/aromatic N) is 2. The van der Waals surface area contributed by atoms with Gasteiger partial charge in [0.05, 0.1) is 0 Å². The van der Waals surface area contributed by atoms with Gasteiger partial charge in [-0.25, -0.2) is 4.39 Å². The van der Waals surface area contributed by atoms with Gasteiger partial charge >= 0.3 is 0 Å². The van der Waals surface area contributed by atoms with E-state index in [1.165, 1.54) is 4.68 Å². The maximum absolute atomic E-state index is 12.3. The Morgan fingerprint density at radius 3 is 2.78 bits per heavy atom. The predicted octanol–water partition coefficient (Wildman–Crippen LogP) is 1.60. The van der Waals surface area contributed by atoms with Crippen LogP contribution in [0.4, 0.5) is 4.39 Å². The highest BCUT2D eigenvalue weighted by molar-refractivity contribution is 9.10. The minimum atomic E-state index is -0.433. The molecule has 0 saturated heterocycles. The van der Waals surface area contributed by atoms with Crippen LogP contribution in [0.1, 0.15) is 6.92 Å². The van der Waals surface area contributed by atoms with E-state index in [1.807, 2.05) is 6.92 Å². The van der Waals surface area contributed by atoms with Crippen molar-refractivity contribution < 1.29 is 4.39 Å². The predicted molar refractivity (Wildman–Crippen MR) is 34.4 cm³/mol. The van der Waals surface area contributed by atoms with Gasteiger partial charge in [-0.3, -0.25) is 4.68 Å². The molecule has 0 unspecified atom stereocenters. The van der Waals surface area contributed by atoms with Gasteiger partial charge in [0.15, 0.2) is 12.0 Å². The second-order valence-corrected chi connectivity index (χ2v) is 2.28. The molecule has 0 atom stereocenters. The molecule has 0 aliphatic carbocycles. The van der Waals surface area contributed by atoms with Crippen LogP contribution in [0.5, 0.6) is 0 Å². The van der Waals surface area contributed by atoms with Crippen LogP contribution in [0.3, 0.4) is 0 Å². The van der Waals surface area contributed by atoms with E-state index >= 15 is 0 Å². The monoisotopic (exact) mass is 191 g/mol. The minimum Gasteiger partial charge on any atom is -0.255 e. The molecule has 2 nitrogen and oxygen atoms in total. The summed E-state index contributed by atoms with van der Waals surface area (Å²) in [5.41, 5.74) is 0. The lowest BCUT2D eigenvalue weighted by atomic mass is 10.7. The molecule has 1 rings (SSSR count). The average Bonchev–Trinajstić information content (AvgIpc) is 2.15. The van der Waals surface area contributed by atoms with Crippen LogP contribution in [0.25, 0.3) is 0 Å². The van der Waals surface area contributed by atoms with Gasteiger partial charge in [0.1, 0.15) is 4.60 Å². The van der Waals surface area contributed by atoms with Crippen LogP contribution < -0.4 is 0 Å². The van der Waals surface area contributed by atoms with Crippen LogP contribution in [-0.4, -0.2) is 9.78 Å². The third kappa shape index (κ3) is 1.13. The Kier molecular flexibility index (Phi) is 1.85. The van der Waals surface area contributed by atoms with Crippen molar-refractivity contribution >= 4 is 15.9 Å². The zero-order valence-electron chi connectivity index (χ0n) is 4.86. The van der Waals surface area contributed by atoms with Gasteiger partial charge < -0.3 is 0 Å². The van der Waals surface area contributed by atoms with Gasteiger partial charge in [-0.1, -0.05) is 0 Å². The quantitative estimate of drug-likeness (QED) is 0.660. The Morgan fingerprint density at radius 2 is 2.56 bits per heavy atom. The normalized spacial score (nSPS) is 10.1. The molecule has 0 spiro atoms. The zero-order chi connectivity index (χ0) is 6.85. The second kappa shape index (κ2) is 2.47. The minimum absolute atomic E-state index is 0.366. The molecule has 0 aliphatic heterocycles. The second-order valence-electron chi connectivity index (χ2n) is 1.53. The van der Waals surface area contributed by atoms with Gasteiger partial charge in [0, 0.05) is 6.54 Å². The summed E-state index contributed by atoms with van der Waals surface area (Å²) in [5.74, 6) is -0.433. The highest BCUT2D eigenvalue weighted by Crippen LogP contribution is 2.12. The van der Waals surface area contributed by atoms with E-state index < -0.39 is 5.82 Å². The van der Waals surface area contributed by atoms with Crippen molar-refractivity contribution in [3.05, 3.63) is 16.6 Å². The number of hydrogen-bond acceptors (Lipinski definition) is 1. The van der Waals surface area contributed by atoms with Crippen molar-refractivity contribution in [1.82, 2.24) is 9.78 Å². The lowest BCUT2D eigenvalue weighted by Crippen LogP contribution is -1.95. The van der Waals surface area contributed by atoms with Crippen LogP contribution in [0.15, 0.2) is 4.60 Å². The molecule has 4 heteroatoms. The molecule has 0 aliphatic rings. The molecule has 0 bridgehead atoms. The first kappa shape index (κ1) is 6.74. The van der Waals surface area contributed by atoms with Crippen molar-refractivity contribution in [2.45, 2.75) is 13.5 Å². The number of aromatic nitrogens is 2. The third-order valence-corrected chi connectivity index (χ3v) is 1.73. The third-order valence-electron chi connectivity index (χ3n) is 0.976. The highest BCUT2D eigenvalue weighted by atomic mass is 79.9. The lowest BCUT2D eigenvalue weighted by molar-refractivity contribution is 0.598. The maximum Gasteiger partial charge on any atom is 0.185 e. The molecule has 9 heavy (non-hydrogen) atoms. The van der Waals surface area contributed by atoms with Crippen LogP contribution >= 0.6 is 15.9 Å². The summed E-state index contributed by atoms with van der Waals surface area (Å²) < 4.78 is 14.2. The van der Waals surface area contributed by atoms with Gasteiger partial charge in [0.25, 0.3) is 0 Å². The Bertz CT molecular complexity index is 209. The van der Waals surface area contributed by atoms with E-state index in [0.29, 0.717) is 11.1 Å². The van der Waals surface area contributed by atoms with Crippen LogP contribution in [-0.2, 0) is 6.54 Å². The summed E-state index contributed by atoms with van der Waals surface area (Å²) in [4.78, 5) is 0. The van der Waals surface area contributed by atoms with E-state index in [0.717, 1.165) is 0 Å². The fourth-order valence-electron chi connectivity index (χ4n) is 0.517. The summed E-state index contributed by atoms with van der Waals surface area (Å²) in [6, 6.07) is 0. The van der Waals surface area contributed by atoms with Crippen molar-refractivity contribution in [3.63, 3.8) is 0 Å². The number of aryl methyl sites for hydroxylation is 1. The highest BCUT2D eigenvalue weighted by Gasteiger charge is 2.04. The molecular formula is C5H5BrFN2. The van der Waals surface area contributed by atoms with Gasteiger partial charge in [-0.15, -0.1) is 0 Å². The van der Waals surface area contributed by atoms with Crippen molar-refractivity contribution in [1.29, 1.82) is 0 Å². The van der Waals surface area contributed by atoms with E-state index in [1.54, 1.807) is 0 Å². The largest absolute Gasteiger partial charge is 0.255 e. The van der Waals surface area contributed by atoms with Gasteiger partial charge in [-0.2, -0.15) is 5.10 Å². The fourth-order valence-corrected chi connectivity index (χ4v) is 0.936. The Balaban J connectivity index is 3.04. The SMILES string of the molecule is CCn1n[c]c(F)c1Br. The Morgan fingerprint density at radius 1 is 1.89 bits per heavy atom. The summed E-state index contributed by atoms with van der Waals surface area (Å²) >= 11 is 3.00. The first-order valence-corrected chi connectivity index (χ1v) is 3.34. The molecule has 49 valence electrons. The topological polar surface area (TPSA) is 17.8 Å². The van der Waals surface area contributed by atoms with Crippen molar-refractivity contribution in [2.75, 3.05) is 0 Å². The summed E-state index contributed by atoms with van der Waals surface area (Å²) in [6.45, 7) is 2.53. The Labute approximate surface area is 60.8 Å². The maximum atomic E-state index is 12.3. The smallest absolute Gasteiger partial charge is 0.185 e. The average molecular weight is 192 g/mol. The van der Waals surface area contributed by atoms with Gasteiger partial charge in [-0.05, 0) is 22.9 Å². The standard InChI is InChI=1S/C5H5BrFN2/c1-2-9-5(6)4(7)3-8-9/h2H2,1H3. The first-order valence-electron chi connectivity index (χ1n) is 2.55. The van der Waals surface area contributed by atoms with Crippen LogP contribution in [0.2, 0.25) is 0 Å². The van der Waals surface area contributed by atoms with Crippen LogP contribution in [0, 0.1) is 12.0 Å². The van der Waals surface area contributed by atoms with E-state index in [9.17, 15) is 4.39 Å². The van der Waals surface area contributed by atoms with Crippen molar-refractivity contribution in [2.24, 2.45) is 0 Å². The number of rotatable bonds is 1. The summed E-state index contributed by atoms with van der Waals surface area (Å²) in [7, 11) is 0. The molecule has 1 aromatic heterocycles. The fraction of sp³-hybridized carbons (Fsp3) is 0.400.